The summed E-state index contributed by atoms with van der Waals surface area (Å²) in [6, 6.07) is 11.0. The molecule has 4 rings (SSSR count). The zero-order chi connectivity index (χ0) is 23.5. The van der Waals surface area contributed by atoms with Crippen molar-refractivity contribution >= 4 is 34.9 Å². The predicted octanol–water partition coefficient (Wildman–Crippen LogP) is 2.49. The van der Waals surface area contributed by atoms with Gasteiger partial charge >= 0.3 is 0 Å². The van der Waals surface area contributed by atoms with Crippen LogP contribution in [0.5, 0.6) is 11.5 Å². The molecular weight excluding hydrogens is 446 g/mol. The summed E-state index contributed by atoms with van der Waals surface area (Å²) in [5.41, 5.74) is 0.758. The summed E-state index contributed by atoms with van der Waals surface area (Å²) in [6.07, 6.45) is 0. The van der Waals surface area contributed by atoms with E-state index in [0.29, 0.717) is 40.9 Å². The molecule has 0 aliphatic carbocycles. The molecule has 0 N–H and O–H groups in total. The van der Waals surface area contributed by atoms with E-state index in [1.165, 1.54) is 4.90 Å². The maximum atomic E-state index is 13.1. The van der Waals surface area contributed by atoms with Crippen molar-refractivity contribution in [2.45, 2.75) is 13.0 Å². The largest absolute Gasteiger partial charge is 0.484 e. The van der Waals surface area contributed by atoms with Crippen LogP contribution in [0.15, 0.2) is 42.5 Å². The monoisotopic (exact) mass is 471 g/mol. The average molecular weight is 472 g/mol. The lowest BCUT2D eigenvalue weighted by molar-refractivity contribution is -0.136. The SMILES string of the molecule is C[C@H](C(=O)N1CCN(C)CC1)N1C(=O)COc2ccc(C(=O)COc3ccccc3Cl)cc21. The number of benzene rings is 2. The Morgan fingerprint density at radius 2 is 1.85 bits per heavy atom. The normalized spacial score (nSPS) is 17.2. The lowest BCUT2D eigenvalue weighted by atomic mass is 10.1. The van der Waals surface area contributed by atoms with Gasteiger partial charge in [-0.15, -0.1) is 0 Å². The van der Waals surface area contributed by atoms with Gasteiger partial charge in [-0.3, -0.25) is 19.3 Å². The molecule has 0 saturated carbocycles. The maximum absolute atomic E-state index is 13.1. The summed E-state index contributed by atoms with van der Waals surface area (Å²) < 4.78 is 11.1. The lowest BCUT2D eigenvalue weighted by Gasteiger charge is -2.38. The summed E-state index contributed by atoms with van der Waals surface area (Å²) in [4.78, 5) is 44.1. The molecular formula is C24H26ClN3O5. The number of hydrogen-bond donors (Lipinski definition) is 0. The van der Waals surface area contributed by atoms with Crippen LogP contribution in [0.25, 0.3) is 0 Å². The molecule has 33 heavy (non-hydrogen) atoms. The van der Waals surface area contributed by atoms with Crippen LogP contribution in [0.3, 0.4) is 0 Å². The van der Waals surface area contributed by atoms with Gasteiger partial charge in [0.25, 0.3) is 5.91 Å². The first-order valence-corrected chi connectivity index (χ1v) is 11.2. The van der Waals surface area contributed by atoms with Gasteiger partial charge in [0.2, 0.25) is 5.91 Å². The highest BCUT2D eigenvalue weighted by atomic mass is 35.5. The zero-order valence-electron chi connectivity index (χ0n) is 18.6. The number of Topliss-reactive ketones (excluding diaryl/α,β-unsaturated/α-hetero) is 1. The molecule has 0 unspecified atom stereocenters. The minimum Gasteiger partial charge on any atom is -0.484 e. The number of anilines is 1. The molecule has 0 aromatic heterocycles. The second-order valence-corrected chi connectivity index (χ2v) is 8.59. The van der Waals surface area contributed by atoms with Gasteiger partial charge in [0.05, 0.1) is 10.7 Å². The fourth-order valence-corrected chi connectivity index (χ4v) is 4.15. The van der Waals surface area contributed by atoms with Crippen LogP contribution < -0.4 is 14.4 Å². The molecule has 2 heterocycles. The van der Waals surface area contributed by atoms with Crippen LogP contribution in [-0.2, 0) is 9.59 Å². The third kappa shape index (κ3) is 4.96. The first-order chi connectivity index (χ1) is 15.8. The molecule has 2 amide bonds. The van der Waals surface area contributed by atoms with Crippen LogP contribution in [-0.4, -0.2) is 79.9 Å². The van der Waals surface area contributed by atoms with Crippen molar-refractivity contribution in [1.29, 1.82) is 0 Å². The topological polar surface area (TPSA) is 79.4 Å². The quantitative estimate of drug-likeness (QED) is 0.602. The fraction of sp³-hybridized carbons (Fsp3) is 0.375. The Hall–Kier alpha value is -3.10. The van der Waals surface area contributed by atoms with Crippen LogP contribution in [0.4, 0.5) is 5.69 Å². The summed E-state index contributed by atoms with van der Waals surface area (Å²) in [5, 5.41) is 0.414. The summed E-state index contributed by atoms with van der Waals surface area (Å²) in [7, 11) is 2.01. The van der Waals surface area contributed by atoms with Crippen molar-refractivity contribution in [3.8, 4) is 11.5 Å². The van der Waals surface area contributed by atoms with E-state index in [0.717, 1.165) is 13.1 Å². The molecule has 0 spiro atoms. The molecule has 8 nitrogen and oxygen atoms in total. The number of hydrogen-bond acceptors (Lipinski definition) is 6. The van der Waals surface area contributed by atoms with Gasteiger partial charge in [-0.2, -0.15) is 0 Å². The van der Waals surface area contributed by atoms with E-state index in [4.69, 9.17) is 21.1 Å². The van der Waals surface area contributed by atoms with Crippen molar-refractivity contribution in [1.82, 2.24) is 9.80 Å². The van der Waals surface area contributed by atoms with E-state index in [2.05, 4.69) is 4.90 Å². The number of amides is 2. The number of para-hydroxylation sites is 1. The maximum Gasteiger partial charge on any atom is 0.265 e. The van der Waals surface area contributed by atoms with Gasteiger partial charge in [0.15, 0.2) is 19.0 Å². The number of carbonyl (C=O) groups is 3. The van der Waals surface area contributed by atoms with Gasteiger partial charge in [0.1, 0.15) is 17.5 Å². The summed E-state index contributed by atoms with van der Waals surface area (Å²) >= 11 is 6.08. The van der Waals surface area contributed by atoms with Gasteiger partial charge in [-0.05, 0) is 44.3 Å². The second kappa shape index (κ2) is 9.80. The number of carbonyl (C=O) groups excluding carboxylic acids is 3. The average Bonchev–Trinajstić information content (AvgIpc) is 2.82. The molecule has 0 bridgehead atoms. The zero-order valence-corrected chi connectivity index (χ0v) is 19.4. The van der Waals surface area contributed by atoms with E-state index in [9.17, 15) is 14.4 Å². The predicted molar refractivity (Wildman–Crippen MR) is 124 cm³/mol. The Bertz CT molecular complexity index is 1070. The van der Waals surface area contributed by atoms with E-state index in [1.54, 1.807) is 54.3 Å². The molecule has 2 aromatic rings. The molecule has 9 heteroatoms. The molecule has 0 radical (unpaired) electrons. The Morgan fingerprint density at radius 3 is 2.58 bits per heavy atom. The number of fused-ring (bicyclic) bond motifs is 1. The smallest absolute Gasteiger partial charge is 0.265 e. The van der Waals surface area contributed by atoms with Crippen molar-refractivity contribution in [2.75, 3.05) is 51.3 Å². The fourth-order valence-electron chi connectivity index (χ4n) is 3.96. The van der Waals surface area contributed by atoms with Crippen molar-refractivity contribution < 1.29 is 23.9 Å². The van der Waals surface area contributed by atoms with Crippen LogP contribution in [0, 0.1) is 0 Å². The highest BCUT2D eigenvalue weighted by molar-refractivity contribution is 6.32. The van der Waals surface area contributed by atoms with E-state index in [1.807, 2.05) is 7.05 Å². The highest BCUT2D eigenvalue weighted by Crippen LogP contribution is 2.35. The van der Waals surface area contributed by atoms with Crippen molar-refractivity contribution in [2.24, 2.45) is 0 Å². The Balaban J connectivity index is 1.53. The molecule has 2 aromatic carbocycles. The number of ketones is 1. The summed E-state index contributed by atoms with van der Waals surface area (Å²) in [6.45, 7) is 4.14. The van der Waals surface area contributed by atoms with E-state index in [-0.39, 0.29) is 30.8 Å². The first kappa shape index (κ1) is 23.1. The van der Waals surface area contributed by atoms with Crippen LogP contribution >= 0.6 is 11.6 Å². The van der Waals surface area contributed by atoms with Crippen LogP contribution in [0.2, 0.25) is 5.02 Å². The molecule has 174 valence electrons. The number of nitrogens with zero attached hydrogens (tertiary/aromatic N) is 3. The molecule has 2 aliphatic heterocycles. The molecule has 2 aliphatic rings. The van der Waals surface area contributed by atoms with E-state index >= 15 is 0 Å². The van der Waals surface area contributed by atoms with Crippen molar-refractivity contribution in [3.05, 3.63) is 53.1 Å². The first-order valence-electron chi connectivity index (χ1n) is 10.8. The third-order valence-electron chi connectivity index (χ3n) is 5.92. The number of halogens is 1. The Kier molecular flexibility index (Phi) is 6.85. The second-order valence-electron chi connectivity index (χ2n) is 8.18. The van der Waals surface area contributed by atoms with Gasteiger partial charge < -0.3 is 19.3 Å². The van der Waals surface area contributed by atoms with E-state index < -0.39 is 6.04 Å². The van der Waals surface area contributed by atoms with Gasteiger partial charge in [-0.1, -0.05) is 23.7 Å². The highest BCUT2D eigenvalue weighted by Gasteiger charge is 2.36. The molecule has 1 fully saturated rings. The standard InChI is InChI=1S/C24H26ClN3O5/c1-16(24(31)27-11-9-26(2)10-12-27)28-19-13-17(7-8-22(19)33-15-23(28)30)20(29)14-32-21-6-4-3-5-18(21)25/h3-8,13,16H,9-12,14-15H2,1-2H3/t16-/m1/s1. The number of rotatable bonds is 6. The van der Waals surface area contributed by atoms with Gasteiger partial charge in [0, 0.05) is 31.7 Å². The molecule has 1 atom stereocenters. The van der Waals surface area contributed by atoms with Crippen LogP contribution in [0.1, 0.15) is 17.3 Å². The minimum absolute atomic E-state index is 0.122. The number of piperazine rings is 1. The third-order valence-corrected chi connectivity index (χ3v) is 6.23. The molecule has 1 saturated heterocycles. The number of likely N-dealkylation sites (N-methyl/N-ethyl adjacent to an activating group) is 1. The minimum atomic E-state index is -0.715. The summed E-state index contributed by atoms with van der Waals surface area (Å²) in [5.74, 6) is 0.138. The number of ether oxygens (including phenoxy) is 2. The Morgan fingerprint density at radius 1 is 1.12 bits per heavy atom. The van der Waals surface area contributed by atoms with Crippen molar-refractivity contribution in [3.63, 3.8) is 0 Å². The Labute approximate surface area is 197 Å². The lowest BCUT2D eigenvalue weighted by Crippen LogP contribution is -2.56. The van der Waals surface area contributed by atoms with Gasteiger partial charge in [-0.25, -0.2) is 0 Å².